The van der Waals surface area contributed by atoms with Crippen molar-refractivity contribution in [2.45, 2.75) is 43.9 Å². The average molecular weight is 298 g/mol. The largest absolute Gasteiger partial charge is 0.420 e. The van der Waals surface area contributed by atoms with E-state index in [0.717, 1.165) is 29.2 Å². The van der Waals surface area contributed by atoms with E-state index in [1.54, 1.807) is 12.1 Å². The Hall–Kier alpha value is -1.71. The third-order valence-electron chi connectivity index (χ3n) is 6.01. The smallest absolute Gasteiger partial charge is 0.247 e. The van der Waals surface area contributed by atoms with E-state index in [1.807, 2.05) is 0 Å². The fourth-order valence-corrected chi connectivity index (χ4v) is 5.52. The van der Waals surface area contributed by atoms with E-state index in [9.17, 15) is 4.39 Å². The lowest BCUT2D eigenvalue weighted by Crippen LogP contribution is -2.48. The second-order valence-electron chi connectivity index (χ2n) is 7.62. The van der Waals surface area contributed by atoms with Crippen LogP contribution in [0.4, 0.5) is 4.39 Å². The number of nitrogens with zero attached hydrogens (tertiary/aromatic N) is 2. The van der Waals surface area contributed by atoms with Crippen molar-refractivity contribution < 1.29 is 8.81 Å². The molecule has 3 nitrogen and oxygen atoms in total. The minimum Gasteiger partial charge on any atom is -0.420 e. The van der Waals surface area contributed by atoms with Gasteiger partial charge in [0.05, 0.1) is 0 Å². The Bertz CT molecular complexity index is 671. The van der Waals surface area contributed by atoms with Gasteiger partial charge in [-0.05, 0) is 80.5 Å². The van der Waals surface area contributed by atoms with Crippen LogP contribution in [0.5, 0.6) is 0 Å². The average Bonchev–Trinajstić information content (AvgIpc) is 2.97. The Kier molecular flexibility index (Phi) is 2.56. The van der Waals surface area contributed by atoms with E-state index in [1.165, 1.54) is 50.7 Å². The molecule has 4 aliphatic rings. The van der Waals surface area contributed by atoms with Crippen molar-refractivity contribution in [2.75, 3.05) is 0 Å². The minimum absolute atomic E-state index is 0.125. The molecule has 4 saturated carbocycles. The Balaban J connectivity index is 1.50. The highest BCUT2D eigenvalue weighted by Gasteiger charge is 2.54. The fraction of sp³-hybridized carbons (Fsp3) is 0.556. The van der Waals surface area contributed by atoms with E-state index in [0.29, 0.717) is 5.89 Å². The third kappa shape index (κ3) is 1.86. The molecule has 0 aliphatic heterocycles. The van der Waals surface area contributed by atoms with Crippen LogP contribution in [0, 0.1) is 23.6 Å². The molecule has 114 valence electrons. The topological polar surface area (TPSA) is 38.9 Å². The molecule has 4 fully saturated rings. The lowest BCUT2D eigenvalue weighted by molar-refractivity contribution is -0.0176. The number of hydrogen-bond acceptors (Lipinski definition) is 3. The molecule has 0 amide bonds. The van der Waals surface area contributed by atoms with Crippen LogP contribution in [0.3, 0.4) is 0 Å². The molecule has 0 radical (unpaired) electrons. The quantitative estimate of drug-likeness (QED) is 0.827. The van der Waals surface area contributed by atoms with Crippen LogP contribution in [-0.2, 0) is 5.41 Å². The van der Waals surface area contributed by atoms with Crippen LogP contribution < -0.4 is 0 Å². The molecule has 0 saturated heterocycles. The van der Waals surface area contributed by atoms with Crippen LogP contribution in [0.1, 0.15) is 44.4 Å². The molecule has 2 aromatic rings. The molecule has 0 unspecified atom stereocenters. The number of aromatic nitrogens is 2. The molecule has 4 heteroatoms. The van der Waals surface area contributed by atoms with Gasteiger partial charge in [-0.25, -0.2) is 4.39 Å². The van der Waals surface area contributed by atoms with Gasteiger partial charge in [-0.1, -0.05) is 0 Å². The molecule has 1 heterocycles. The molecule has 4 aliphatic carbocycles. The van der Waals surface area contributed by atoms with Crippen LogP contribution in [0.2, 0.25) is 0 Å². The highest BCUT2D eigenvalue weighted by Crippen LogP contribution is 2.60. The maximum atomic E-state index is 13.0. The summed E-state index contributed by atoms with van der Waals surface area (Å²) >= 11 is 0. The first-order valence-electron chi connectivity index (χ1n) is 8.30. The zero-order chi connectivity index (χ0) is 14.7. The first kappa shape index (κ1) is 12.8. The normalized spacial score (nSPS) is 36.0. The second kappa shape index (κ2) is 4.40. The highest BCUT2D eigenvalue weighted by atomic mass is 19.1. The maximum absolute atomic E-state index is 13.0. The number of halogens is 1. The fourth-order valence-electron chi connectivity index (χ4n) is 5.52. The maximum Gasteiger partial charge on any atom is 0.247 e. The SMILES string of the molecule is Fc1ccc(-c2nnc(C34CC5CC(CC(C5)C3)C4)o2)cc1. The molecule has 0 spiro atoms. The first-order valence-corrected chi connectivity index (χ1v) is 8.30. The first-order chi connectivity index (χ1) is 10.7. The highest BCUT2D eigenvalue weighted by molar-refractivity contribution is 5.52. The zero-order valence-corrected chi connectivity index (χ0v) is 12.5. The van der Waals surface area contributed by atoms with Gasteiger partial charge < -0.3 is 4.42 Å². The van der Waals surface area contributed by atoms with Gasteiger partial charge in [-0.3, -0.25) is 0 Å². The van der Waals surface area contributed by atoms with Crippen molar-refractivity contribution in [2.24, 2.45) is 17.8 Å². The van der Waals surface area contributed by atoms with Crippen molar-refractivity contribution in [3.63, 3.8) is 0 Å². The number of hydrogen-bond donors (Lipinski definition) is 0. The summed E-state index contributed by atoms with van der Waals surface area (Å²) < 4.78 is 19.1. The zero-order valence-electron chi connectivity index (χ0n) is 12.5. The van der Waals surface area contributed by atoms with Crippen molar-refractivity contribution >= 4 is 0 Å². The molecule has 6 rings (SSSR count). The molecule has 1 aromatic heterocycles. The van der Waals surface area contributed by atoms with Crippen molar-refractivity contribution in [1.82, 2.24) is 10.2 Å². The molecule has 0 N–H and O–H groups in total. The summed E-state index contributed by atoms with van der Waals surface area (Å²) in [6.45, 7) is 0. The van der Waals surface area contributed by atoms with Crippen LogP contribution in [0.25, 0.3) is 11.5 Å². The Morgan fingerprint density at radius 1 is 0.909 bits per heavy atom. The third-order valence-corrected chi connectivity index (χ3v) is 6.01. The van der Waals surface area contributed by atoms with Gasteiger partial charge in [0.25, 0.3) is 0 Å². The van der Waals surface area contributed by atoms with Gasteiger partial charge in [0.15, 0.2) is 0 Å². The number of benzene rings is 1. The molecular weight excluding hydrogens is 279 g/mol. The Labute approximate surface area is 128 Å². The van der Waals surface area contributed by atoms with E-state index in [4.69, 9.17) is 4.42 Å². The van der Waals surface area contributed by atoms with Crippen molar-refractivity contribution in [3.8, 4) is 11.5 Å². The van der Waals surface area contributed by atoms with Gasteiger partial charge in [-0.2, -0.15) is 0 Å². The summed E-state index contributed by atoms with van der Waals surface area (Å²) in [7, 11) is 0. The van der Waals surface area contributed by atoms with Crippen LogP contribution in [-0.4, -0.2) is 10.2 Å². The summed E-state index contributed by atoms with van der Waals surface area (Å²) in [4.78, 5) is 0. The summed E-state index contributed by atoms with van der Waals surface area (Å²) in [5.41, 5.74) is 0.921. The van der Waals surface area contributed by atoms with Gasteiger partial charge >= 0.3 is 0 Å². The lowest BCUT2D eigenvalue weighted by Gasteiger charge is -2.55. The minimum atomic E-state index is -0.246. The summed E-state index contributed by atoms with van der Waals surface area (Å²) in [5, 5.41) is 8.63. The van der Waals surface area contributed by atoms with E-state index in [2.05, 4.69) is 10.2 Å². The Morgan fingerprint density at radius 2 is 1.50 bits per heavy atom. The molecule has 0 atom stereocenters. The van der Waals surface area contributed by atoms with Crippen LogP contribution >= 0.6 is 0 Å². The van der Waals surface area contributed by atoms with Crippen LogP contribution in [0.15, 0.2) is 28.7 Å². The van der Waals surface area contributed by atoms with Crippen molar-refractivity contribution in [1.29, 1.82) is 0 Å². The standard InChI is InChI=1S/C18H19FN2O/c19-15-3-1-14(2-4-15)16-20-21-17(22-16)18-8-11-5-12(9-18)7-13(6-11)10-18/h1-4,11-13H,5-10H2. The van der Waals surface area contributed by atoms with E-state index < -0.39 is 0 Å². The summed E-state index contributed by atoms with van der Waals surface area (Å²) in [6.07, 6.45) is 7.84. The van der Waals surface area contributed by atoms with Gasteiger partial charge in [0.1, 0.15) is 5.82 Å². The predicted molar refractivity (Wildman–Crippen MR) is 79.5 cm³/mol. The molecule has 4 bridgehead atoms. The number of rotatable bonds is 2. The lowest BCUT2D eigenvalue weighted by atomic mass is 9.49. The predicted octanol–water partition coefficient (Wildman–Crippen LogP) is 4.34. The second-order valence-corrected chi connectivity index (χ2v) is 7.62. The monoisotopic (exact) mass is 298 g/mol. The Morgan fingerprint density at radius 3 is 2.09 bits per heavy atom. The summed E-state index contributed by atoms with van der Waals surface area (Å²) in [5.74, 6) is 3.66. The molecular formula is C18H19FN2O. The van der Waals surface area contributed by atoms with Gasteiger partial charge in [0.2, 0.25) is 11.8 Å². The van der Waals surface area contributed by atoms with E-state index in [-0.39, 0.29) is 11.2 Å². The summed E-state index contributed by atoms with van der Waals surface area (Å²) in [6, 6.07) is 6.27. The van der Waals surface area contributed by atoms with Gasteiger partial charge in [0, 0.05) is 11.0 Å². The molecule has 1 aromatic carbocycles. The van der Waals surface area contributed by atoms with Gasteiger partial charge in [-0.15, -0.1) is 10.2 Å². The van der Waals surface area contributed by atoms with Crippen molar-refractivity contribution in [3.05, 3.63) is 36.0 Å². The molecule has 22 heavy (non-hydrogen) atoms. The van der Waals surface area contributed by atoms with E-state index >= 15 is 0 Å².